The van der Waals surface area contributed by atoms with Crippen molar-refractivity contribution in [2.75, 3.05) is 25.9 Å². The molecule has 3 heterocycles. The topological polar surface area (TPSA) is 53.5 Å². The first-order valence-corrected chi connectivity index (χ1v) is 11.0. The summed E-state index contributed by atoms with van der Waals surface area (Å²) >= 11 is 5.91. The van der Waals surface area contributed by atoms with E-state index in [9.17, 15) is 8.42 Å². The summed E-state index contributed by atoms with van der Waals surface area (Å²) in [4.78, 5) is 6.76. The molecule has 0 saturated carbocycles. The van der Waals surface area contributed by atoms with Crippen LogP contribution in [0.25, 0.3) is 0 Å². The van der Waals surface area contributed by atoms with E-state index in [0.29, 0.717) is 23.4 Å². The molecule has 0 radical (unpaired) electrons. The normalized spacial score (nSPS) is 26.9. The van der Waals surface area contributed by atoms with Gasteiger partial charge in [-0.2, -0.15) is 4.31 Å². The van der Waals surface area contributed by atoms with Gasteiger partial charge in [-0.25, -0.2) is 8.42 Å². The molecule has 1 aromatic heterocycles. The number of hydrogen-bond donors (Lipinski definition) is 0. The highest BCUT2D eigenvalue weighted by Crippen LogP contribution is 2.46. The highest BCUT2D eigenvalue weighted by Gasteiger charge is 2.50. The number of benzene rings is 1. The maximum atomic E-state index is 12.3. The zero-order valence-electron chi connectivity index (χ0n) is 14.6. The Morgan fingerprint density at radius 3 is 2.54 bits per heavy atom. The number of aromatic nitrogens is 1. The number of fused-ring (bicyclic) bond motifs is 1. The Bertz CT molecular complexity index is 873. The summed E-state index contributed by atoms with van der Waals surface area (Å²) in [5.41, 5.74) is 2.07. The highest BCUT2D eigenvalue weighted by atomic mass is 35.5. The molecule has 2 aliphatic heterocycles. The van der Waals surface area contributed by atoms with Gasteiger partial charge in [0.05, 0.1) is 23.0 Å². The number of sulfonamides is 1. The van der Waals surface area contributed by atoms with Crippen molar-refractivity contribution < 1.29 is 8.42 Å². The Morgan fingerprint density at radius 2 is 1.88 bits per heavy atom. The van der Waals surface area contributed by atoms with Gasteiger partial charge in [-0.15, -0.1) is 0 Å². The summed E-state index contributed by atoms with van der Waals surface area (Å²) in [6, 6.07) is 13.7. The average molecular weight is 392 g/mol. The molecular weight excluding hydrogens is 370 g/mol. The number of halogens is 1. The molecular formula is C19H22ClN3O2S. The van der Waals surface area contributed by atoms with Crippen LogP contribution in [0.15, 0.2) is 48.7 Å². The summed E-state index contributed by atoms with van der Waals surface area (Å²) in [6.45, 7) is 3.13. The molecule has 0 unspecified atom stereocenters. The van der Waals surface area contributed by atoms with E-state index in [1.165, 1.54) is 6.26 Å². The van der Waals surface area contributed by atoms with Gasteiger partial charge < -0.3 is 0 Å². The highest BCUT2D eigenvalue weighted by molar-refractivity contribution is 7.88. The summed E-state index contributed by atoms with van der Waals surface area (Å²) in [6.07, 6.45) is 2.99. The van der Waals surface area contributed by atoms with Crippen LogP contribution in [0.2, 0.25) is 5.02 Å². The van der Waals surface area contributed by atoms with Crippen LogP contribution >= 0.6 is 11.6 Å². The van der Waals surface area contributed by atoms with Gasteiger partial charge >= 0.3 is 0 Å². The lowest BCUT2D eigenvalue weighted by Crippen LogP contribution is -2.35. The molecule has 138 valence electrons. The van der Waals surface area contributed by atoms with E-state index >= 15 is 0 Å². The van der Waals surface area contributed by atoms with Crippen LogP contribution in [0.1, 0.15) is 17.3 Å². The summed E-state index contributed by atoms with van der Waals surface area (Å²) < 4.78 is 26.4. The first-order valence-electron chi connectivity index (χ1n) is 8.76. The fraction of sp³-hybridized carbons (Fsp3) is 0.421. The van der Waals surface area contributed by atoms with Crippen LogP contribution in [-0.4, -0.2) is 48.5 Å². The Morgan fingerprint density at radius 1 is 1.12 bits per heavy atom. The van der Waals surface area contributed by atoms with Crippen molar-refractivity contribution in [1.29, 1.82) is 0 Å². The molecule has 1 aromatic carbocycles. The van der Waals surface area contributed by atoms with Crippen molar-refractivity contribution in [2.24, 2.45) is 11.8 Å². The maximum absolute atomic E-state index is 12.3. The predicted octanol–water partition coefficient (Wildman–Crippen LogP) is 2.80. The van der Waals surface area contributed by atoms with Crippen LogP contribution in [0.3, 0.4) is 0 Å². The average Bonchev–Trinajstić information content (AvgIpc) is 3.14. The van der Waals surface area contributed by atoms with Crippen LogP contribution in [-0.2, 0) is 16.6 Å². The van der Waals surface area contributed by atoms with E-state index in [2.05, 4.69) is 9.88 Å². The standard InChI is InChI=1S/C19H22ClN3O2S/c1-26(24,25)23-11-15-10-22(12-17-8-7-16(20)9-21-17)13-18(15)19(23)14-5-3-2-4-6-14/h2-9,15,18-19H,10-13H2,1H3/t15-,18-,19+/m1/s1. The number of rotatable bonds is 4. The van der Waals surface area contributed by atoms with Gasteiger partial charge in [0.1, 0.15) is 0 Å². The summed E-state index contributed by atoms with van der Waals surface area (Å²) in [7, 11) is -3.24. The third-order valence-electron chi connectivity index (χ3n) is 5.44. The fourth-order valence-corrected chi connectivity index (χ4v) is 5.63. The third kappa shape index (κ3) is 3.51. The second-order valence-electron chi connectivity index (χ2n) is 7.27. The third-order valence-corrected chi connectivity index (χ3v) is 6.89. The van der Waals surface area contributed by atoms with Crippen molar-refractivity contribution in [3.8, 4) is 0 Å². The van der Waals surface area contributed by atoms with Crippen molar-refractivity contribution >= 4 is 21.6 Å². The van der Waals surface area contributed by atoms with Crippen molar-refractivity contribution in [3.63, 3.8) is 0 Å². The molecule has 26 heavy (non-hydrogen) atoms. The van der Waals surface area contributed by atoms with E-state index in [1.807, 2.05) is 42.5 Å². The van der Waals surface area contributed by atoms with E-state index in [1.54, 1.807) is 10.5 Å². The molecule has 0 amide bonds. The van der Waals surface area contributed by atoms with Gasteiger partial charge in [-0.05, 0) is 29.5 Å². The first kappa shape index (κ1) is 17.9. The number of likely N-dealkylation sites (tertiary alicyclic amines) is 1. The Kier molecular flexibility index (Phi) is 4.77. The van der Waals surface area contributed by atoms with E-state index in [4.69, 9.17) is 11.6 Å². The molecule has 0 aliphatic carbocycles. The number of pyridine rings is 1. The quantitative estimate of drug-likeness (QED) is 0.804. The van der Waals surface area contributed by atoms with Gasteiger partial charge in [-0.3, -0.25) is 9.88 Å². The largest absolute Gasteiger partial charge is 0.297 e. The minimum absolute atomic E-state index is 0.0839. The molecule has 2 aliphatic rings. The zero-order valence-corrected chi connectivity index (χ0v) is 16.2. The van der Waals surface area contributed by atoms with Gasteiger partial charge in [0.2, 0.25) is 10.0 Å². The van der Waals surface area contributed by atoms with Gasteiger partial charge in [0.25, 0.3) is 0 Å². The molecule has 2 fully saturated rings. The van der Waals surface area contributed by atoms with E-state index in [0.717, 1.165) is 30.9 Å². The van der Waals surface area contributed by atoms with E-state index in [-0.39, 0.29) is 6.04 Å². The monoisotopic (exact) mass is 391 g/mol. The maximum Gasteiger partial charge on any atom is 0.211 e. The first-order chi connectivity index (χ1) is 12.4. The van der Waals surface area contributed by atoms with Crippen LogP contribution in [0.5, 0.6) is 0 Å². The molecule has 3 atom stereocenters. The lowest BCUT2D eigenvalue weighted by molar-refractivity contribution is 0.259. The molecule has 2 saturated heterocycles. The molecule has 4 rings (SSSR count). The second-order valence-corrected chi connectivity index (χ2v) is 9.65. The van der Waals surface area contributed by atoms with Crippen molar-refractivity contribution in [2.45, 2.75) is 12.6 Å². The van der Waals surface area contributed by atoms with Crippen LogP contribution in [0, 0.1) is 11.8 Å². The van der Waals surface area contributed by atoms with Gasteiger partial charge in [0.15, 0.2) is 0 Å². The van der Waals surface area contributed by atoms with Crippen molar-refractivity contribution in [3.05, 3.63) is 64.9 Å². The molecule has 7 heteroatoms. The SMILES string of the molecule is CS(=O)(=O)N1C[C@H]2CN(Cc3ccc(Cl)cn3)C[C@H]2[C@@H]1c1ccccc1. The molecule has 0 N–H and O–H groups in total. The van der Waals surface area contributed by atoms with E-state index < -0.39 is 10.0 Å². The Labute approximate surface area is 159 Å². The second kappa shape index (κ2) is 6.93. The lowest BCUT2D eigenvalue weighted by atomic mass is 9.90. The Hall–Kier alpha value is -1.47. The summed E-state index contributed by atoms with van der Waals surface area (Å²) in [5.74, 6) is 0.654. The minimum atomic E-state index is -3.24. The molecule has 0 bridgehead atoms. The number of hydrogen-bond acceptors (Lipinski definition) is 4. The molecule has 0 spiro atoms. The molecule has 5 nitrogen and oxygen atoms in total. The smallest absolute Gasteiger partial charge is 0.211 e. The van der Waals surface area contributed by atoms with Gasteiger partial charge in [0, 0.05) is 32.4 Å². The summed E-state index contributed by atoms with van der Waals surface area (Å²) in [5, 5.41) is 0.639. The van der Waals surface area contributed by atoms with Crippen LogP contribution in [0.4, 0.5) is 0 Å². The Balaban J connectivity index is 1.56. The van der Waals surface area contributed by atoms with Crippen molar-refractivity contribution in [1.82, 2.24) is 14.2 Å². The number of nitrogens with zero attached hydrogens (tertiary/aromatic N) is 3. The zero-order chi connectivity index (χ0) is 18.3. The minimum Gasteiger partial charge on any atom is -0.297 e. The lowest BCUT2D eigenvalue weighted by Gasteiger charge is -2.28. The van der Waals surface area contributed by atoms with Crippen LogP contribution < -0.4 is 0 Å². The fourth-order valence-electron chi connectivity index (χ4n) is 4.36. The molecule has 2 aromatic rings. The van der Waals surface area contributed by atoms with Gasteiger partial charge in [-0.1, -0.05) is 41.9 Å². The predicted molar refractivity (Wildman–Crippen MR) is 102 cm³/mol.